The molecule has 0 amide bonds. The topological polar surface area (TPSA) is 78.9 Å². The predicted molar refractivity (Wildman–Crippen MR) is 138 cm³/mol. The van der Waals surface area contributed by atoms with E-state index in [1.54, 1.807) is 31.2 Å². The second-order valence-electron chi connectivity index (χ2n) is 8.14. The van der Waals surface area contributed by atoms with Crippen LogP contribution in [0.3, 0.4) is 0 Å². The Morgan fingerprint density at radius 1 is 0.806 bits per heavy atom. The number of aryl methyl sites for hydroxylation is 1. The van der Waals surface area contributed by atoms with Gasteiger partial charge in [0.05, 0.1) is 0 Å². The zero-order valence-electron chi connectivity index (χ0n) is 20.2. The maximum Gasteiger partial charge on any atom is 0.330 e. The Morgan fingerprint density at radius 2 is 1.36 bits per heavy atom. The van der Waals surface area contributed by atoms with Crippen LogP contribution in [0.5, 0.6) is 11.5 Å². The molecule has 0 aliphatic carbocycles. The Kier molecular flexibility index (Phi) is 9.34. The number of carbonyl (C=O) groups excluding carboxylic acids is 3. The second-order valence-corrected chi connectivity index (χ2v) is 8.14. The van der Waals surface area contributed by atoms with E-state index in [1.165, 1.54) is 0 Å². The lowest BCUT2D eigenvalue weighted by Crippen LogP contribution is -2.11. The van der Waals surface area contributed by atoms with E-state index >= 15 is 0 Å². The lowest BCUT2D eigenvalue weighted by molar-refractivity contribution is -0.139. The first kappa shape index (κ1) is 26.2. The highest BCUT2D eigenvalue weighted by atomic mass is 16.5. The summed E-state index contributed by atoms with van der Waals surface area (Å²) in [6.45, 7) is 8.73. The smallest absolute Gasteiger partial charge is 0.330 e. The van der Waals surface area contributed by atoms with Gasteiger partial charge in [0.15, 0.2) is 12.4 Å². The van der Waals surface area contributed by atoms with E-state index in [0.717, 1.165) is 28.3 Å². The fourth-order valence-corrected chi connectivity index (χ4v) is 3.18. The van der Waals surface area contributed by atoms with Gasteiger partial charge in [-0.25, -0.2) is 4.79 Å². The lowest BCUT2D eigenvalue weighted by Gasteiger charge is -2.08. The highest BCUT2D eigenvalue weighted by Crippen LogP contribution is 2.23. The highest BCUT2D eigenvalue weighted by Gasteiger charge is 2.08. The first-order chi connectivity index (χ1) is 17.3. The average molecular weight is 485 g/mol. The van der Waals surface area contributed by atoms with E-state index in [-0.39, 0.29) is 31.4 Å². The minimum absolute atomic E-state index is 0.0235. The number of carbonyl (C=O) groups is 3. The molecule has 0 aliphatic rings. The van der Waals surface area contributed by atoms with E-state index in [9.17, 15) is 14.4 Å². The van der Waals surface area contributed by atoms with Crippen molar-refractivity contribution in [2.75, 3.05) is 6.61 Å². The third-order valence-corrected chi connectivity index (χ3v) is 5.31. The number of hydrogen-bond acceptors (Lipinski definition) is 6. The molecule has 0 N–H and O–H groups in total. The summed E-state index contributed by atoms with van der Waals surface area (Å²) >= 11 is 0. The van der Waals surface area contributed by atoms with Gasteiger partial charge < -0.3 is 14.2 Å². The quantitative estimate of drug-likeness (QED) is 0.188. The molecule has 3 rings (SSSR count). The number of esters is 2. The summed E-state index contributed by atoms with van der Waals surface area (Å²) in [7, 11) is 0. The van der Waals surface area contributed by atoms with Gasteiger partial charge in [0.1, 0.15) is 18.1 Å². The molecule has 0 unspecified atom stereocenters. The second kappa shape index (κ2) is 12.9. The molecular weight excluding hydrogens is 456 g/mol. The molecule has 6 nitrogen and oxygen atoms in total. The van der Waals surface area contributed by atoms with Crippen LogP contribution in [-0.2, 0) is 32.1 Å². The van der Waals surface area contributed by atoms with Crippen LogP contribution in [0.25, 0.3) is 11.1 Å². The molecule has 0 aromatic heterocycles. The van der Waals surface area contributed by atoms with Crippen molar-refractivity contribution in [3.8, 4) is 22.6 Å². The Bertz CT molecular complexity index is 1220. The summed E-state index contributed by atoms with van der Waals surface area (Å²) in [5.41, 5.74) is 4.32. The standard InChI is InChI=1S/C30H28O6/c1-4-29(32)35-19-23-7-14-27(15-8-23)36-30(33)18-9-22-5-10-24(11-6-22)25-12-16-26(17-13-25)34-20-28(31)21(2)3/h4-8,10-17H,1-2,9,18-20H2,3H3. The number of benzene rings is 3. The number of hydrogen-bond donors (Lipinski definition) is 0. The van der Waals surface area contributed by atoms with E-state index < -0.39 is 5.97 Å². The van der Waals surface area contributed by atoms with Crippen molar-refractivity contribution in [2.45, 2.75) is 26.4 Å². The molecule has 0 bridgehead atoms. The van der Waals surface area contributed by atoms with Crippen molar-refractivity contribution >= 4 is 17.7 Å². The Labute approximate surface area is 210 Å². The molecule has 0 atom stereocenters. The SMILES string of the molecule is C=CC(=O)OCc1ccc(OC(=O)CCc2ccc(-c3ccc(OCC(=O)C(=C)C)cc3)cc2)cc1. The number of Topliss-reactive ketones (excluding diaryl/α,β-unsaturated/α-hetero) is 1. The molecule has 0 aliphatic heterocycles. The van der Waals surface area contributed by atoms with Crippen LogP contribution in [-0.4, -0.2) is 24.3 Å². The van der Waals surface area contributed by atoms with Crippen molar-refractivity contribution < 1.29 is 28.6 Å². The van der Waals surface area contributed by atoms with E-state index in [1.807, 2.05) is 48.5 Å². The van der Waals surface area contributed by atoms with Gasteiger partial charge in [0, 0.05) is 12.5 Å². The predicted octanol–water partition coefficient (Wildman–Crippen LogP) is 5.65. The largest absolute Gasteiger partial charge is 0.485 e. The van der Waals surface area contributed by atoms with Crippen molar-refractivity contribution in [1.82, 2.24) is 0 Å². The number of ether oxygens (including phenoxy) is 3. The molecule has 36 heavy (non-hydrogen) atoms. The molecule has 0 heterocycles. The average Bonchev–Trinajstić information content (AvgIpc) is 2.90. The summed E-state index contributed by atoms with van der Waals surface area (Å²) in [5, 5.41) is 0. The summed E-state index contributed by atoms with van der Waals surface area (Å²) in [4.78, 5) is 35.0. The zero-order chi connectivity index (χ0) is 25.9. The van der Waals surface area contributed by atoms with Crippen molar-refractivity contribution in [1.29, 1.82) is 0 Å². The molecule has 6 heteroatoms. The molecule has 0 saturated heterocycles. The summed E-state index contributed by atoms with van der Waals surface area (Å²) in [5.74, 6) is 0.111. The normalized spacial score (nSPS) is 10.2. The Balaban J connectivity index is 1.46. The van der Waals surface area contributed by atoms with Gasteiger partial charge in [-0.1, -0.05) is 61.7 Å². The van der Waals surface area contributed by atoms with Gasteiger partial charge in [-0.05, 0) is 65.4 Å². The summed E-state index contributed by atoms with van der Waals surface area (Å²) < 4.78 is 15.8. The third kappa shape index (κ3) is 8.09. The molecule has 3 aromatic rings. The zero-order valence-corrected chi connectivity index (χ0v) is 20.2. The number of ketones is 1. The van der Waals surface area contributed by atoms with Crippen LogP contribution in [0.2, 0.25) is 0 Å². The van der Waals surface area contributed by atoms with Gasteiger partial charge in [-0.3, -0.25) is 9.59 Å². The van der Waals surface area contributed by atoms with Gasteiger partial charge in [0.25, 0.3) is 0 Å². The molecule has 184 valence electrons. The van der Waals surface area contributed by atoms with Gasteiger partial charge in [-0.2, -0.15) is 0 Å². The highest BCUT2D eigenvalue weighted by molar-refractivity contribution is 5.95. The van der Waals surface area contributed by atoms with E-state index in [2.05, 4.69) is 13.2 Å². The first-order valence-corrected chi connectivity index (χ1v) is 11.4. The van der Waals surface area contributed by atoms with Crippen LogP contribution in [0.4, 0.5) is 0 Å². The molecule has 0 saturated carbocycles. The monoisotopic (exact) mass is 484 g/mol. The molecule has 0 fully saturated rings. The van der Waals surface area contributed by atoms with Crippen LogP contribution < -0.4 is 9.47 Å². The maximum atomic E-state index is 12.2. The van der Waals surface area contributed by atoms with E-state index in [4.69, 9.17) is 14.2 Å². The minimum atomic E-state index is -0.491. The summed E-state index contributed by atoms with van der Waals surface area (Å²) in [6, 6.07) is 22.3. The van der Waals surface area contributed by atoms with Crippen LogP contribution >= 0.6 is 0 Å². The minimum Gasteiger partial charge on any atom is -0.485 e. The van der Waals surface area contributed by atoms with Crippen LogP contribution in [0.15, 0.2) is 97.6 Å². The van der Waals surface area contributed by atoms with Crippen molar-refractivity contribution in [2.24, 2.45) is 0 Å². The first-order valence-electron chi connectivity index (χ1n) is 11.4. The lowest BCUT2D eigenvalue weighted by atomic mass is 10.0. The van der Waals surface area contributed by atoms with Crippen LogP contribution in [0.1, 0.15) is 24.5 Å². The van der Waals surface area contributed by atoms with Gasteiger partial charge >= 0.3 is 11.9 Å². The molecule has 0 radical (unpaired) electrons. The maximum absolute atomic E-state index is 12.2. The molecule has 0 spiro atoms. The Morgan fingerprint density at radius 3 is 1.94 bits per heavy atom. The Hall–Kier alpha value is -4.45. The van der Waals surface area contributed by atoms with Crippen molar-refractivity contribution in [3.63, 3.8) is 0 Å². The van der Waals surface area contributed by atoms with Crippen LogP contribution in [0, 0.1) is 0 Å². The number of rotatable bonds is 12. The van der Waals surface area contributed by atoms with Gasteiger partial charge in [-0.15, -0.1) is 0 Å². The van der Waals surface area contributed by atoms with Gasteiger partial charge in [0.2, 0.25) is 0 Å². The molecule has 3 aromatic carbocycles. The van der Waals surface area contributed by atoms with Crippen molar-refractivity contribution in [3.05, 3.63) is 109 Å². The van der Waals surface area contributed by atoms with E-state index in [0.29, 0.717) is 23.5 Å². The fourth-order valence-electron chi connectivity index (χ4n) is 3.18. The summed E-state index contributed by atoms with van der Waals surface area (Å²) in [6.07, 6.45) is 1.90. The third-order valence-electron chi connectivity index (χ3n) is 5.31. The molecular formula is C30H28O6. The fraction of sp³-hybridized carbons (Fsp3) is 0.167.